The lowest BCUT2D eigenvalue weighted by atomic mass is 10.1. The predicted octanol–water partition coefficient (Wildman–Crippen LogP) is 1.51. The summed E-state index contributed by atoms with van der Waals surface area (Å²) in [4.78, 5) is 18.5. The maximum atomic E-state index is 12.1. The van der Waals surface area contributed by atoms with Crippen LogP contribution in [0.3, 0.4) is 0 Å². The average molecular weight is 317 g/mol. The molecule has 1 aliphatic heterocycles. The number of hydrogen-bond acceptors (Lipinski definition) is 4. The minimum atomic E-state index is -0.419. The Bertz CT molecular complexity index is 502. The highest BCUT2D eigenvalue weighted by atomic mass is 16.3. The van der Waals surface area contributed by atoms with Crippen molar-refractivity contribution in [3.05, 3.63) is 30.1 Å². The number of carbonyl (C=O) groups excluding carboxylic acids is 1. The highest BCUT2D eigenvalue weighted by molar-refractivity contribution is 5.76. The molecule has 1 aromatic rings. The van der Waals surface area contributed by atoms with Gasteiger partial charge < -0.3 is 10.4 Å². The molecular formula is C18H27N3O2. The van der Waals surface area contributed by atoms with E-state index in [0.717, 1.165) is 38.8 Å². The number of pyridine rings is 1. The van der Waals surface area contributed by atoms with Gasteiger partial charge in [0, 0.05) is 24.9 Å². The molecule has 0 bridgehead atoms. The molecule has 0 radical (unpaired) electrons. The van der Waals surface area contributed by atoms with E-state index in [4.69, 9.17) is 0 Å². The van der Waals surface area contributed by atoms with E-state index in [2.05, 4.69) is 15.2 Å². The molecular weight excluding hydrogens is 290 g/mol. The molecule has 3 rings (SSSR count). The zero-order valence-corrected chi connectivity index (χ0v) is 13.7. The normalized spacial score (nSPS) is 28.1. The third-order valence-corrected chi connectivity index (χ3v) is 5.15. The van der Waals surface area contributed by atoms with Crippen molar-refractivity contribution in [2.45, 2.75) is 63.1 Å². The van der Waals surface area contributed by atoms with Crippen molar-refractivity contribution in [3.63, 3.8) is 0 Å². The molecule has 2 aliphatic rings. The molecule has 126 valence electrons. The van der Waals surface area contributed by atoms with E-state index in [1.165, 1.54) is 18.4 Å². The topological polar surface area (TPSA) is 65.5 Å². The molecule has 1 amide bonds. The predicted molar refractivity (Wildman–Crippen MR) is 88.9 cm³/mol. The van der Waals surface area contributed by atoms with Crippen LogP contribution in [-0.4, -0.2) is 52.2 Å². The number of aliphatic hydroxyl groups is 1. The Morgan fingerprint density at radius 2 is 2.00 bits per heavy atom. The molecule has 1 aliphatic carbocycles. The molecule has 2 N–H and O–H groups in total. The molecule has 1 saturated carbocycles. The van der Waals surface area contributed by atoms with Crippen molar-refractivity contribution in [3.8, 4) is 0 Å². The Balaban J connectivity index is 1.39. The van der Waals surface area contributed by atoms with Crippen molar-refractivity contribution in [2.75, 3.05) is 13.1 Å². The number of aliphatic hydroxyl groups excluding tert-OH is 1. The van der Waals surface area contributed by atoms with Crippen LogP contribution in [0.15, 0.2) is 24.5 Å². The summed E-state index contributed by atoms with van der Waals surface area (Å²) in [6.45, 7) is 2.18. The number of amides is 1. The molecule has 0 aromatic carbocycles. The molecule has 1 saturated heterocycles. The van der Waals surface area contributed by atoms with Crippen LogP contribution < -0.4 is 5.32 Å². The van der Waals surface area contributed by atoms with Crippen LogP contribution >= 0.6 is 0 Å². The highest BCUT2D eigenvalue weighted by Gasteiger charge is 2.39. The second-order valence-corrected chi connectivity index (χ2v) is 6.76. The van der Waals surface area contributed by atoms with Gasteiger partial charge in [-0.1, -0.05) is 0 Å². The Labute approximate surface area is 138 Å². The fourth-order valence-electron chi connectivity index (χ4n) is 3.87. The van der Waals surface area contributed by atoms with Crippen LogP contribution in [0.1, 0.15) is 44.1 Å². The maximum absolute atomic E-state index is 12.1. The molecule has 1 aromatic heterocycles. The lowest BCUT2D eigenvalue weighted by molar-refractivity contribution is -0.122. The summed E-state index contributed by atoms with van der Waals surface area (Å²) in [6.07, 6.45) is 9.71. The summed E-state index contributed by atoms with van der Waals surface area (Å²) in [6, 6.07) is 4.13. The highest BCUT2D eigenvalue weighted by Crippen LogP contribution is 2.27. The first-order valence-corrected chi connectivity index (χ1v) is 8.84. The van der Waals surface area contributed by atoms with Crippen molar-refractivity contribution < 1.29 is 9.90 Å². The number of nitrogens with one attached hydrogen (secondary N) is 1. The molecule has 0 spiro atoms. The van der Waals surface area contributed by atoms with Crippen LogP contribution in [0.5, 0.6) is 0 Å². The number of aromatic nitrogens is 1. The number of likely N-dealkylation sites (tertiary alicyclic amines) is 1. The zero-order valence-electron chi connectivity index (χ0n) is 13.7. The molecule has 0 unspecified atom stereocenters. The van der Waals surface area contributed by atoms with Crippen LogP contribution in [0, 0.1) is 0 Å². The first kappa shape index (κ1) is 16.4. The Hall–Kier alpha value is -1.46. The van der Waals surface area contributed by atoms with E-state index in [0.29, 0.717) is 6.42 Å². The van der Waals surface area contributed by atoms with E-state index in [9.17, 15) is 9.90 Å². The third kappa shape index (κ3) is 4.30. The summed E-state index contributed by atoms with van der Waals surface area (Å²) in [5.74, 6) is 0.0604. The van der Waals surface area contributed by atoms with Crippen molar-refractivity contribution in [1.29, 1.82) is 0 Å². The monoisotopic (exact) mass is 317 g/mol. The Morgan fingerprint density at radius 3 is 2.74 bits per heavy atom. The van der Waals surface area contributed by atoms with Crippen LogP contribution in [0.4, 0.5) is 0 Å². The quantitative estimate of drug-likeness (QED) is 0.835. The Morgan fingerprint density at radius 1 is 1.26 bits per heavy atom. The molecule has 23 heavy (non-hydrogen) atoms. The minimum Gasteiger partial charge on any atom is -0.389 e. The first-order chi connectivity index (χ1) is 11.2. The van der Waals surface area contributed by atoms with Crippen molar-refractivity contribution >= 4 is 5.91 Å². The number of carbonyl (C=O) groups is 1. The average Bonchev–Trinajstić information content (AvgIpc) is 3.19. The zero-order chi connectivity index (χ0) is 16.1. The van der Waals surface area contributed by atoms with Gasteiger partial charge in [0.2, 0.25) is 5.91 Å². The minimum absolute atomic E-state index is 0.0604. The van der Waals surface area contributed by atoms with Gasteiger partial charge in [-0.2, -0.15) is 0 Å². The van der Waals surface area contributed by atoms with Crippen LogP contribution in [0.2, 0.25) is 0 Å². The maximum Gasteiger partial charge on any atom is 0.220 e. The molecule has 2 heterocycles. The SMILES string of the molecule is O=C(CCCc1ccncc1)N[C@@H]1CC[C@@H](N2CCCC2)[C@@H]1O. The van der Waals surface area contributed by atoms with Crippen LogP contribution in [0.25, 0.3) is 0 Å². The second kappa shape index (κ2) is 7.88. The molecule has 2 fully saturated rings. The van der Waals surface area contributed by atoms with Gasteiger partial charge in [-0.25, -0.2) is 0 Å². The van der Waals surface area contributed by atoms with E-state index < -0.39 is 6.10 Å². The lowest BCUT2D eigenvalue weighted by Gasteiger charge is -2.28. The summed E-state index contributed by atoms with van der Waals surface area (Å²) in [5, 5.41) is 13.5. The standard InChI is InChI=1S/C18H27N3O2/c22-17(5-3-4-14-8-10-19-11-9-14)20-15-6-7-16(18(15)23)21-12-1-2-13-21/h8-11,15-16,18,23H,1-7,12-13H2,(H,20,22)/t15-,16-,18-/m1/s1. The summed E-state index contributed by atoms with van der Waals surface area (Å²) < 4.78 is 0. The van der Waals surface area contributed by atoms with Crippen molar-refractivity contribution in [2.24, 2.45) is 0 Å². The smallest absolute Gasteiger partial charge is 0.220 e. The summed E-state index contributed by atoms with van der Waals surface area (Å²) in [7, 11) is 0. The second-order valence-electron chi connectivity index (χ2n) is 6.76. The lowest BCUT2D eigenvalue weighted by Crippen LogP contribution is -2.47. The van der Waals surface area contributed by atoms with Gasteiger partial charge in [-0.05, 0) is 69.3 Å². The van der Waals surface area contributed by atoms with Crippen LogP contribution in [-0.2, 0) is 11.2 Å². The van der Waals surface area contributed by atoms with E-state index in [-0.39, 0.29) is 18.0 Å². The Kier molecular flexibility index (Phi) is 5.62. The van der Waals surface area contributed by atoms with E-state index in [1.54, 1.807) is 12.4 Å². The van der Waals surface area contributed by atoms with Gasteiger partial charge >= 0.3 is 0 Å². The van der Waals surface area contributed by atoms with Gasteiger partial charge in [0.1, 0.15) is 0 Å². The molecule has 3 atom stereocenters. The van der Waals surface area contributed by atoms with E-state index >= 15 is 0 Å². The number of aryl methyl sites for hydroxylation is 1. The fraction of sp³-hybridized carbons (Fsp3) is 0.667. The van der Waals surface area contributed by atoms with Gasteiger partial charge in [0.05, 0.1) is 12.1 Å². The van der Waals surface area contributed by atoms with Gasteiger partial charge in [0.15, 0.2) is 0 Å². The summed E-state index contributed by atoms with van der Waals surface area (Å²) in [5.41, 5.74) is 1.21. The van der Waals surface area contributed by atoms with Gasteiger partial charge in [-0.15, -0.1) is 0 Å². The molecule has 5 heteroatoms. The van der Waals surface area contributed by atoms with Gasteiger partial charge in [-0.3, -0.25) is 14.7 Å². The number of nitrogens with zero attached hydrogens (tertiary/aromatic N) is 2. The first-order valence-electron chi connectivity index (χ1n) is 8.84. The number of rotatable bonds is 6. The fourth-order valence-corrected chi connectivity index (χ4v) is 3.87. The molecule has 5 nitrogen and oxygen atoms in total. The van der Waals surface area contributed by atoms with Crippen molar-refractivity contribution in [1.82, 2.24) is 15.2 Å². The van der Waals surface area contributed by atoms with E-state index in [1.807, 2.05) is 12.1 Å². The third-order valence-electron chi connectivity index (χ3n) is 5.15. The largest absolute Gasteiger partial charge is 0.389 e. The number of hydrogen-bond donors (Lipinski definition) is 2. The van der Waals surface area contributed by atoms with Gasteiger partial charge in [0.25, 0.3) is 0 Å². The summed E-state index contributed by atoms with van der Waals surface area (Å²) >= 11 is 0.